The van der Waals surface area contributed by atoms with Crippen LogP contribution < -0.4 is 10.2 Å². The maximum Gasteiger partial charge on any atom is 0.0643 e. The molecule has 4 nitrogen and oxygen atoms in total. The molecule has 0 aromatic carbocycles. The van der Waals surface area contributed by atoms with Gasteiger partial charge in [0.05, 0.1) is 30.1 Å². The lowest BCUT2D eigenvalue weighted by molar-refractivity contribution is 0.631. The summed E-state index contributed by atoms with van der Waals surface area (Å²) in [5, 5.41) is 11.8. The fourth-order valence-electron chi connectivity index (χ4n) is 1.53. The highest BCUT2D eigenvalue weighted by Crippen LogP contribution is 2.17. The van der Waals surface area contributed by atoms with E-state index in [0.29, 0.717) is 6.42 Å². The molecule has 0 aliphatic carbocycles. The minimum Gasteiger partial charge on any atom is -0.370 e. The first kappa shape index (κ1) is 13.5. The average molecular weight is 232 g/mol. The summed E-state index contributed by atoms with van der Waals surface area (Å²) in [6, 6.07) is 6.71. The van der Waals surface area contributed by atoms with Gasteiger partial charge >= 0.3 is 0 Å². The molecule has 0 bridgehead atoms. The Morgan fingerprint density at radius 2 is 2.18 bits per heavy atom. The Kier molecular flexibility index (Phi) is 4.92. The van der Waals surface area contributed by atoms with Gasteiger partial charge in [0.2, 0.25) is 0 Å². The van der Waals surface area contributed by atoms with Gasteiger partial charge in [-0.25, -0.2) is 0 Å². The Labute approximate surface area is 103 Å². The van der Waals surface area contributed by atoms with Crippen LogP contribution in [0, 0.1) is 11.3 Å². The maximum absolute atomic E-state index is 8.68. The third kappa shape index (κ3) is 3.43. The predicted molar refractivity (Wildman–Crippen MR) is 69.8 cm³/mol. The summed E-state index contributed by atoms with van der Waals surface area (Å²) in [5.41, 5.74) is 2.07. The van der Waals surface area contributed by atoms with Crippen LogP contribution in [0.15, 0.2) is 18.3 Å². The van der Waals surface area contributed by atoms with Crippen molar-refractivity contribution in [1.82, 2.24) is 10.3 Å². The normalized spacial score (nSPS) is 13.8. The number of pyridine rings is 1. The van der Waals surface area contributed by atoms with E-state index in [1.807, 2.05) is 39.3 Å². The second-order valence-corrected chi connectivity index (χ2v) is 4.27. The Morgan fingerprint density at radius 1 is 1.47 bits per heavy atom. The molecule has 2 atom stereocenters. The minimum absolute atomic E-state index is 0.203. The molecular weight excluding hydrogens is 212 g/mol. The number of hydrogen-bond donors (Lipinski definition) is 1. The summed E-state index contributed by atoms with van der Waals surface area (Å²) in [4.78, 5) is 6.50. The van der Waals surface area contributed by atoms with Crippen LogP contribution in [0.25, 0.3) is 0 Å². The number of nitriles is 1. The molecule has 0 amide bonds. The van der Waals surface area contributed by atoms with Gasteiger partial charge in [-0.2, -0.15) is 5.26 Å². The quantitative estimate of drug-likeness (QED) is 0.844. The zero-order chi connectivity index (χ0) is 12.8. The predicted octanol–water partition coefficient (Wildman–Crippen LogP) is 2.10. The van der Waals surface area contributed by atoms with Crippen molar-refractivity contribution >= 4 is 5.69 Å². The summed E-state index contributed by atoms with van der Waals surface area (Å²) in [6.45, 7) is 4.11. The number of hydrogen-bond acceptors (Lipinski definition) is 4. The highest BCUT2D eigenvalue weighted by Gasteiger charge is 2.10. The van der Waals surface area contributed by atoms with Gasteiger partial charge in [-0.15, -0.1) is 0 Å². The molecule has 1 rings (SSSR count). The topological polar surface area (TPSA) is 52.0 Å². The molecule has 0 saturated carbocycles. The summed E-state index contributed by atoms with van der Waals surface area (Å²) < 4.78 is 0. The SMILES string of the molecule is CNC(C)c1ccc(N(C)C(C)CC#N)cn1. The average Bonchev–Trinajstić information content (AvgIpc) is 2.37. The van der Waals surface area contributed by atoms with Gasteiger partial charge in [0, 0.05) is 19.1 Å². The molecule has 92 valence electrons. The van der Waals surface area contributed by atoms with Gasteiger partial charge in [-0.05, 0) is 33.0 Å². The fraction of sp³-hybridized carbons (Fsp3) is 0.538. The summed E-state index contributed by atoms with van der Waals surface area (Å²) in [6.07, 6.45) is 2.38. The molecule has 0 aliphatic heterocycles. The second kappa shape index (κ2) is 6.21. The van der Waals surface area contributed by atoms with E-state index in [9.17, 15) is 0 Å². The standard InChI is InChI=1S/C13H20N4/c1-10(7-8-14)17(4)12-5-6-13(16-9-12)11(2)15-3/h5-6,9-11,15H,7H2,1-4H3. The lowest BCUT2D eigenvalue weighted by atomic mass is 10.2. The fourth-order valence-corrected chi connectivity index (χ4v) is 1.53. The molecule has 1 aromatic rings. The molecule has 1 N–H and O–H groups in total. The molecule has 0 saturated heterocycles. The van der Waals surface area contributed by atoms with Crippen LogP contribution in [0.5, 0.6) is 0 Å². The van der Waals surface area contributed by atoms with Crippen molar-refractivity contribution in [1.29, 1.82) is 5.26 Å². The van der Waals surface area contributed by atoms with Crippen LogP contribution in [-0.4, -0.2) is 25.1 Å². The van der Waals surface area contributed by atoms with Gasteiger partial charge < -0.3 is 10.2 Å². The number of rotatable bonds is 5. The molecule has 2 unspecified atom stereocenters. The van der Waals surface area contributed by atoms with Gasteiger partial charge in [0.15, 0.2) is 0 Å². The minimum atomic E-state index is 0.203. The monoisotopic (exact) mass is 232 g/mol. The van der Waals surface area contributed by atoms with Gasteiger partial charge in [0.1, 0.15) is 0 Å². The molecule has 0 fully saturated rings. The third-order valence-electron chi connectivity index (χ3n) is 3.10. The van der Waals surface area contributed by atoms with Gasteiger partial charge in [0.25, 0.3) is 0 Å². The summed E-state index contributed by atoms with van der Waals surface area (Å²) in [7, 11) is 3.90. The molecule has 1 aromatic heterocycles. The van der Waals surface area contributed by atoms with Crippen molar-refractivity contribution in [3.8, 4) is 6.07 Å². The summed E-state index contributed by atoms with van der Waals surface area (Å²) in [5.74, 6) is 0. The first-order valence-corrected chi connectivity index (χ1v) is 5.83. The third-order valence-corrected chi connectivity index (χ3v) is 3.10. The first-order chi connectivity index (χ1) is 8.10. The Balaban J connectivity index is 2.77. The zero-order valence-electron chi connectivity index (χ0n) is 10.9. The lowest BCUT2D eigenvalue weighted by Crippen LogP contribution is -2.28. The molecular formula is C13H20N4. The Bertz CT molecular complexity index is 379. The van der Waals surface area contributed by atoms with Crippen LogP contribution >= 0.6 is 0 Å². The number of nitrogens with zero attached hydrogens (tertiary/aromatic N) is 3. The van der Waals surface area contributed by atoms with Crippen molar-refractivity contribution in [2.24, 2.45) is 0 Å². The number of aromatic nitrogens is 1. The number of anilines is 1. The number of nitrogens with one attached hydrogen (secondary N) is 1. The van der Waals surface area contributed by atoms with Gasteiger partial charge in [-0.3, -0.25) is 4.98 Å². The van der Waals surface area contributed by atoms with Crippen molar-refractivity contribution in [3.63, 3.8) is 0 Å². The Hall–Kier alpha value is -1.60. The van der Waals surface area contributed by atoms with Crippen molar-refractivity contribution in [2.45, 2.75) is 32.4 Å². The molecule has 4 heteroatoms. The maximum atomic E-state index is 8.68. The van der Waals surface area contributed by atoms with E-state index < -0.39 is 0 Å². The molecule has 0 aliphatic rings. The van der Waals surface area contributed by atoms with Crippen LogP contribution in [0.2, 0.25) is 0 Å². The second-order valence-electron chi connectivity index (χ2n) is 4.27. The smallest absolute Gasteiger partial charge is 0.0643 e. The van der Waals surface area contributed by atoms with Crippen molar-refractivity contribution < 1.29 is 0 Å². The summed E-state index contributed by atoms with van der Waals surface area (Å²) >= 11 is 0. The van der Waals surface area contributed by atoms with Crippen molar-refractivity contribution in [3.05, 3.63) is 24.0 Å². The van der Waals surface area contributed by atoms with Crippen LogP contribution in [0.1, 0.15) is 32.0 Å². The van der Waals surface area contributed by atoms with E-state index in [2.05, 4.69) is 28.2 Å². The first-order valence-electron chi connectivity index (χ1n) is 5.83. The zero-order valence-corrected chi connectivity index (χ0v) is 10.9. The van der Waals surface area contributed by atoms with Crippen molar-refractivity contribution in [2.75, 3.05) is 19.0 Å². The highest BCUT2D eigenvalue weighted by molar-refractivity contribution is 5.45. The van der Waals surface area contributed by atoms with E-state index in [1.165, 1.54) is 0 Å². The highest BCUT2D eigenvalue weighted by atomic mass is 15.1. The van der Waals surface area contributed by atoms with E-state index >= 15 is 0 Å². The molecule has 17 heavy (non-hydrogen) atoms. The largest absolute Gasteiger partial charge is 0.370 e. The van der Waals surface area contributed by atoms with E-state index in [4.69, 9.17) is 5.26 Å². The molecule has 0 radical (unpaired) electrons. The van der Waals surface area contributed by atoms with E-state index in [-0.39, 0.29) is 12.1 Å². The van der Waals surface area contributed by atoms with E-state index in [1.54, 1.807) is 0 Å². The molecule has 0 spiro atoms. The van der Waals surface area contributed by atoms with Gasteiger partial charge in [-0.1, -0.05) is 0 Å². The lowest BCUT2D eigenvalue weighted by Gasteiger charge is -2.25. The molecule has 1 heterocycles. The van der Waals surface area contributed by atoms with Crippen LogP contribution in [0.3, 0.4) is 0 Å². The van der Waals surface area contributed by atoms with Crippen LogP contribution in [0.4, 0.5) is 5.69 Å². The Morgan fingerprint density at radius 3 is 2.65 bits per heavy atom. The van der Waals surface area contributed by atoms with Crippen LogP contribution in [-0.2, 0) is 0 Å². The van der Waals surface area contributed by atoms with E-state index in [0.717, 1.165) is 11.4 Å².